The Kier molecular flexibility index (Phi) is 5.74. The Hall–Kier alpha value is -1.42. The average molecular weight is 295 g/mol. The third-order valence-electron chi connectivity index (χ3n) is 3.54. The first-order chi connectivity index (χ1) is 10.1. The van der Waals surface area contributed by atoms with Crippen molar-refractivity contribution < 1.29 is 14.9 Å². The maximum Gasteiger partial charge on any atom is 0.376 e. The number of imidazole rings is 1. The zero-order chi connectivity index (χ0) is 15.2. The Bertz CT molecular complexity index is 442. The molecule has 2 atom stereocenters. The largest absolute Gasteiger partial charge is 0.437 e. The minimum Gasteiger partial charge on any atom is -0.437 e. The molecule has 1 fully saturated rings. The van der Waals surface area contributed by atoms with Crippen molar-refractivity contribution in [2.75, 3.05) is 26.2 Å². The summed E-state index contributed by atoms with van der Waals surface area (Å²) < 4.78 is 1.75. The topological polar surface area (TPSA) is 103 Å². The van der Waals surface area contributed by atoms with Gasteiger partial charge in [0.15, 0.2) is 0 Å². The van der Waals surface area contributed by atoms with E-state index in [0.717, 1.165) is 0 Å². The van der Waals surface area contributed by atoms with Gasteiger partial charge >= 0.3 is 7.05 Å². The second kappa shape index (κ2) is 7.55. The van der Waals surface area contributed by atoms with Crippen molar-refractivity contribution in [1.82, 2.24) is 25.0 Å². The highest BCUT2D eigenvalue weighted by Crippen LogP contribution is 2.01. The summed E-state index contributed by atoms with van der Waals surface area (Å²) in [6.45, 7) is 4.09. The van der Waals surface area contributed by atoms with E-state index in [9.17, 15) is 14.9 Å². The maximum absolute atomic E-state index is 12.1. The number of hydrogen-bond donors (Lipinski definition) is 4. The molecule has 0 radical (unpaired) electrons. The number of carbonyl (C=O) groups is 1. The molecule has 9 heteroatoms. The molecule has 1 amide bonds. The first-order valence-electron chi connectivity index (χ1n) is 7.13. The fourth-order valence-corrected chi connectivity index (χ4v) is 2.33. The van der Waals surface area contributed by atoms with Crippen LogP contribution in [-0.4, -0.2) is 75.8 Å². The Morgan fingerprint density at radius 3 is 3.14 bits per heavy atom. The van der Waals surface area contributed by atoms with Gasteiger partial charge in [-0.05, 0) is 6.82 Å². The molecule has 0 aromatic carbocycles. The Labute approximate surface area is 124 Å². The number of nitrogens with zero attached hydrogens (tertiary/aromatic N) is 3. The highest BCUT2D eigenvalue weighted by atomic mass is 16.3. The molecule has 2 rings (SSSR count). The van der Waals surface area contributed by atoms with E-state index in [1.807, 2.05) is 4.81 Å². The Morgan fingerprint density at radius 2 is 2.48 bits per heavy atom. The van der Waals surface area contributed by atoms with E-state index in [1.54, 1.807) is 30.1 Å². The van der Waals surface area contributed by atoms with Gasteiger partial charge in [-0.25, -0.2) is 4.98 Å². The van der Waals surface area contributed by atoms with E-state index in [2.05, 4.69) is 15.6 Å². The van der Waals surface area contributed by atoms with Gasteiger partial charge in [-0.1, -0.05) is 0 Å². The molecule has 1 aliphatic rings. The average Bonchev–Trinajstić information content (AvgIpc) is 2.97. The van der Waals surface area contributed by atoms with Crippen molar-refractivity contribution in [3.63, 3.8) is 0 Å². The van der Waals surface area contributed by atoms with Gasteiger partial charge in [-0.2, -0.15) is 0 Å². The summed E-state index contributed by atoms with van der Waals surface area (Å²) in [5, 5.41) is 25.3. The first-order valence-corrected chi connectivity index (χ1v) is 7.13. The van der Waals surface area contributed by atoms with Crippen LogP contribution < -0.4 is 10.6 Å². The fourth-order valence-electron chi connectivity index (χ4n) is 2.33. The lowest BCUT2D eigenvalue weighted by molar-refractivity contribution is -0.124. The molecule has 1 aromatic rings. The molecule has 0 bridgehead atoms. The van der Waals surface area contributed by atoms with E-state index >= 15 is 0 Å². The van der Waals surface area contributed by atoms with Gasteiger partial charge < -0.3 is 30.1 Å². The van der Waals surface area contributed by atoms with Gasteiger partial charge in [-0.15, -0.1) is 0 Å². The van der Waals surface area contributed by atoms with Crippen LogP contribution in [0.2, 0.25) is 6.82 Å². The van der Waals surface area contributed by atoms with Crippen LogP contribution in [0.5, 0.6) is 0 Å². The molecule has 1 saturated heterocycles. The van der Waals surface area contributed by atoms with E-state index in [0.29, 0.717) is 26.2 Å². The second-order valence-electron chi connectivity index (χ2n) is 5.29. The summed E-state index contributed by atoms with van der Waals surface area (Å²) in [4.78, 5) is 17.8. The van der Waals surface area contributed by atoms with Gasteiger partial charge in [0.05, 0.1) is 25.0 Å². The summed E-state index contributed by atoms with van der Waals surface area (Å²) in [6, 6.07) is -0.367. The summed E-state index contributed by atoms with van der Waals surface area (Å²) in [7, 11) is -0.561. The van der Waals surface area contributed by atoms with E-state index in [1.165, 1.54) is 0 Å². The van der Waals surface area contributed by atoms with Crippen LogP contribution in [0, 0.1) is 0 Å². The van der Waals surface area contributed by atoms with Crippen LogP contribution in [-0.2, 0) is 11.3 Å². The lowest BCUT2D eigenvalue weighted by Gasteiger charge is -2.33. The number of carbonyl (C=O) groups excluding carboxylic acids is 1. The number of amides is 1. The summed E-state index contributed by atoms with van der Waals surface area (Å²) >= 11 is 0. The molecule has 8 nitrogen and oxygen atoms in total. The smallest absolute Gasteiger partial charge is 0.376 e. The SMILES string of the molecule is CB(O)N1CCN[C@@H](C(=O)NCC(O)Cn2ccnc2)C1. The van der Waals surface area contributed by atoms with Crippen LogP contribution in [0.1, 0.15) is 0 Å². The van der Waals surface area contributed by atoms with Crippen LogP contribution >= 0.6 is 0 Å². The van der Waals surface area contributed by atoms with Crippen LogP contribution in [0.15, 0.2) is 18.7 Å². The third kappa shape index (κ3) is 4.81. The molecule has 0 saturated carbocycles. The first kappa shape index (κ1) is 16.0. The maximum atomic E-state index is 12.1. The quantitative estimate of drug-likeness (QED) is 0.442. The predicted octanol–water partition coefficient (Wildman–Crippen LogP) is -2.26. The molecule has 2 heterocycles. The minimum atomic E-state index is -0.667. The van der Waals surface area contributed by atoms with Crippen LogP contribution in [0.25, 0.3) is 0 Å². The Balaban J connectivity index is 1.73. The summed E-state index contributed by atoms with van der Waals surface area (Å²) in [6.07, 6.45) is 4.35. The number of piperazine rings is 1. The fraction of sp³-hybridized carbons (Fsp3) is 0.667. The van der Waals surface area contributed by atoms with Crippen LogP contribution in [0.3, 0.4) is 0 Å². The van der Waals surface area contributed by atoms with E-state index < -0.39 is 13.2 Å². The normalized spacial score (nSPS) is 21.0. The number of hydrogen-bond acceptors (Lipinski definition) is 6. The molecular formula is C12H22BN5O3. The monoisotopic (exact) mass is 295 g/mol. The van der Waals surface area contributed by atoms with Crippen LogP contribution in [0.4, 0.5) is 0 Å². The standard InChI is InChI=1S/C12H22BN5O3/c1-13(21)18-5-3-15-11(8-18)12(20)16-6-10(19)7-17-4-2-14-9-17/h2,4,9-11,15,19,21H,3,5-8H2,1H3,(H,16,20)/t10?,11-/m1/s1. The molecular weight excluding hydrogens is 273 g/mol. The highest BCUT2D eigenvalue weighted by Gasteiger charge is 2.28. The van der Waals surface area contributed by atoms with Crippen molar-refractivity contribution in [1.29, 1.82) is 0 Å². The number of aliphatic hydroxyl groups is 1. The number of aliphatic hydroxyl groups excluding tert-OH is 1. The third-order valence-corrected chi connectivity index (χ3v) is 3.54. The predicted molar refractivity (Wildman–Crippen MR) is 78.4 cm³/mol. The molecule has 4 N–H and O–H groups in total. The van der Waals surface area contributed by atoms with Crippen molar-refractivity contribution in [2.45, 2.75) is 25.5 Å². The van der Waals surface area contributed by atoms with Gasteiger partial charge in [0, 0.05) is 38.6 Å². The summed E-state index contributed by atoms with van der Waals surface area (Å²) in [5.74, 6) is -0.162. The van der Waals surface area contributed by atoms with Crippen molar-refractivity contribution in [2.24, 2.45) is 0 Å². The molecule has 1 aromatic heterocycles. The minimum absolute atomic E-state index is 0.162. The molecule has 1 aliphatic heterocycles. The van der Waals surface area contributed by atoms with Crippen molar-refractivity contribution in [3.05, 3.63) is 18.7 Å². The second-order valence-corrected chi connectivity index (χ2v) is 5.29. The van der Waals surface area contributed by atoms with E-state index in [4.69, 9.17) is 0 Å². The number of aromatic nitrogens is 2. The van der Waals surface area contributed by atoms with Gasteiger partial charge in [0.2, 0.25) is 5.91 Å². The number of nitrogens with one attached hydrogen (secondary N) is 2. The molecule has 0 aliphatic carbocycles. The summed E-state index contributed by atoms with van der Waals surface area (Å²) in [5.41, 5.74) is 0. The molecule has 0 spiro atoms. The molecule has 21 heavy (non-hydrogen) atoms. The molecule has 116 valence electrons. The van der Waals surface area contributed by atoms with Gasteiger partial charge in [0.1, 0.15) is 0 Å². The lowest BCUT2D eigenvalue weighted by atomic mass is 9.83. The molecule has 1 unspecified atom stereocenters. The van der Waals surface area contributed by atoms with Gasteiger partial charge in [0.25, 0.3) is 0 Å². The zero-order valence-corrected chi connectivity index (χ0v) is 12.1. The van der Waals surface area contributed by atoms with Gasteiger partial charge in [-0.3, -0.25) is 4.79 Å². The lowest BCUT2D eigenvalue weighted by Crippen LogP contribution is -2.60. The highest BCUT2D eigenvalue weighted by molar-refractivity contribution is 6.45. The number of rotatable bonds is 6. The Morgan fingerprint density at radius 1 is 1.67 bits per heavy atom. The van der Waals surface area contributed by atoms with Crippen molar-refractivity contribution in [3.8, 4) is 0 Å². The van der Waals surface area contributed by atoms with E-state index in [-0.39, 0.29) is 18.5 Å². The van der Waals surface area contributed by atoms with Crippen molar-refractivity contribution >= 4 is 13.0 Å². The zero-order valence-electron chi connectivity index (χ0n) is 12.1.